The smallest absolute Gasteiger partial charge is 0.253 e. The van der Waals surface area contributed by atoms with Crippen molar-refractivity contribution in [3.63, 3.8) is 0 Å². The van der Waals surface area contributed by atoms with Crippen molar-refractivity contribution in [3.05, 3.63) is 48.0 Å². The molecular weight excluding hydrogens is 382 g/mol. The molecule has 3 aromatic rings. The summed E-state index contributed by atoms with van der Waals surface area (Å²) < 4.78 is 5.14. The Morgan fingerprint density at radius 3 is 2.23 bits per heavy atom. The van der Waals surface area contributed by atoms with Crippen molar-refractivity contribution in [2.75, 3.05) is 31.9 Å². The van der Waals surface area contributed by atoms with Crippen molar-refractivity contribution in [2.24, 2.45) is 5.73 Å². The predicted molar refractivity (Wildman–Crippen MR) is 112 cm³/mol. The lowest BCUT2D eigenvalue weighted by Crippen LogP contribution is -2.55. The number of nitrogen functional groups attached to an aromatic ring is 1. The van der Waals surface area contributed by atoms with Crippen LogP contribution in [0.1, 0.15) is 23.2 Å². The summed E-state index contributed by atoms with van der Waals surface area (Å²) >= 11 is 0. The quantitative estimate of drug-likeness (QED) is 0.686. The van der Waals surface area contributed by atoms with Gasteiger partial charge in [0.05, 0.1) is 10.9 Å². The maximum absolute atomic E-state index is 12.9. The van der Waals surface area contributed by atoms with E-state index < -0.39 is 5.54 Å². The molecule has 154 valence electrons. The monoisotopic (exact) mass is 405 g/mol. The lowest BCUT2D eigenvalue weighted by atomic mass is 10.0. The molecule has 2 fully saturated rings. The van der Waals surface area contributed by atoms with Gasteiger partial charge in [-0.3, -0.25) is 9.59 Å². The molecule has 2 amide bonds. The lowest BCUT2D eigenvalue weighted by molar-refractivity contribution is -0.135. The molecule has 0 bridgehead atoms. The number of nitrogens with two attached hydrogens (primary N) is 2. The number of benzene rings is 2. The van der Waals surface area contributed by atoms with Gasteiger partial charge in [0, 0.05) is 31.7 Å². The molecule has 30 heavy (non-hydrogen) atoms. The molecule has 0 atom stereocenters. The fraction of sp³-hybridized carbons (Fsp3) is 0.318. The molecule has 2 aliphatic rings. The lowest BCUT2D eigenvalue weighted by Gasteiger charge is -2.36. The average molecular weight is 405 g/mol. The fourth-order valence-corrected chi connectivity index (χ4v) is 3.90. The summed E-state index contributed by atoms with van der Waals surface area (Å²) in [5.41, 5.74) is 14.4. The van der Waals surface area contributed by atoms with Crippen LogP contribution in [0.3, 0.4) is 0 Å². The van der Waals surface area contributed by atoms with Crippen LogP contribution in [-0.2, 0) is 4.79 Å². The van der Waals surface area contributed by atoms with Crippen LogP contribution in [0.25, 0.3) is 22.1 Å². The predicted octanol–water partition coefficient (Wildman–Crippen LogP) is 1.85. The molecule has 2 heterocycles. The van der Waals surface area contributed by atoms with Crippen LogP contribution in [0, 0.1) is 0 Å². The van der Waals surface area contributed by atoms with Gasteiger partial charge < -0.3 is 25.8 Å². The van der Waals surface area contributed by atoms with E-state index in [1.54, 1.807) is 9.80 Å². The first kappa shape index (κ1) is 18.6. The Kier molecular flexibility index (Phi) is 4.25. The zero-order valence-corrected chi connectivity index (χ0v) is 16.5. The Balaban J connectivity index is 1.26. The highest BCUT2D eigenvalue weighted by Gasteiger charge is 2.48. The Hall–Kier alpha value is -3.39. The number of nitrogens with zero attached hydrogens (tertiary/aromatic N) is 3. The highest BCUT2D eigenvalue weighted by molar-refractivity contribution is 5.96. The molecule has 4 N–H and O–H groups in total. The van der Waals surface area contributed by atoms with Crippen molar-refractivity contribution in [1.82, 2.24) is 15.0 Å². The van der Waals surface area contributed by atoms with Crippen molar-refractivity contribution in [2.45, 2.75) is 18.4 Å². The van der Waals surface area contributed by atoms with E-state index in [9.17, 15) is 9.59 Å². The van der Waals surface area contributed by atoms with Gasteiger partial charge in [-0.2, -0.15) is 0 Å². The first-order valence-electron chi connectivity index (χ1n) is 10.1. The number of carbonyl (C=O) groups excluding carboxylic acids is 2. The van der Waals surface area contributed by atoms with Crippen LogP contribution in [0.4, 0.5) is 5.82 Å². The molecular formula is C22H23N5O3. The van der Waals surface area contributed by atoms with Crippen LogP contribution < -0.4 is 11.5 Å². The normalized spacial score (nSPS) is 17.9. The summed E-state index contributed by atoms with van der Waals surface area (Å²) in [4.78, 5) is 28.8. The molecule has 0 radical (unpaired) electrons. The second kappa shape index (κ2) is 6.84. The van der Waals surface area contributed by atoms with E-state index in [1.165, 1.54) is 0 Å². The van der Waals surface area contributed by atoms with E-state index in [0.29, 0.717) is 43.1 Å². The third-order valence-corrected chi connectivity index (χ3v) is 6.03. The number of aromatic nitrogens is 1. The molecule has 8 heteroatoms. The first-order chi connectivity index (χ1) is 14.4. The van der Waals surface area contributed by atoms with Crippen LogP contribution in [0.15, 0.2) is 47.0 Å². The highest BCUT2D eigenvalue weighted by atomic mass is 16.5. The molecule has 1 saturated heterocycles. The van der Waals surface area contributed by atoms with E-state index >= 15 is 0 Å². The number of amides is 2. The van der Waals surface area contributed by atoms with Gasteiger partial charge in [-0.1, -0.05) is 23.4 Å². The molecule has 1 saturated carbocycles. The minimum Gasteiger partial charge on any atom is -0.380 e. The van der Waals surface area contributed by atoms with E-state index in [-0.39, 0.29) is 11.8 Å². The Bertz CT molecular complexity index is 1130. The summed E-state index contributed by atoms with van der Waals surface area (Å²) in [7, 11) is 0. The van der Waals surface area contributed by atoms with Gasteiger partial charge in [0.1, 0.15) is 0 Å². The molecule has 1 aromatic heterocycles. The zero-order valence-electron chi connectivity index (χ0n) is 16.5. The zero-order chi connectivity index (χ0) is 20.9. The van der Waals surface area contributed by atoms with Crippen molar-refractivity contribution < 1.29 is 14.1 Å². The van der Waals surface area contributed by atoms with Gasteiger partial charge in [-0.25, -0.2) is 0 Å². The van der Waals surface area contributed by atoms with Gasteiger partial charge in [0.25, 0.3) is 5.91 Å². The Labute approximate surface area is 173 Å². The van der Waals surface area contributed by atoms with Gasteiger partial charge in [-0.15, -0.1) is 0 Å². The average Bonchev–Trinajstić information content (AvgIpc) is 3.44. The van der Waals surface area contributed by atoms with E-state index in [0.717, 1.165) is 29.4 Å². The molecule has 1 aliphatic carbocycles. The summed E-state index contributed by atoms with van der Waals surface area (Å²) in [5, 5.41) is 4.54. The van der Waals surface area contributed by atoms with E-state index in [2.05, 4.69) is 5.16 Å². The minimum atomic E-state index is -0.651. The third kappa shape index (κ3) is 3.19. The van der Waals surface area contributed by atoms with E-state index in [4.69, 9.17) is 16.0 Å². The van der Waals surface area contributed by atoms with Crippen molar-refractivity contribution in [1.29, 1.82) is 0 Å². The van der Waals surface area contributed by atoms with Gasteiger partial charge in [0.15, 0.2) is 11.4 Å². The second-order valence-corrected chi connectivity index (χ2v) is 8.10. The Morgan fingerprint density at radius 2 is 1.57 bits per heavy atom. The minimum absolute atomic E-state index is 0.0179. The maximum atomic E-state index is 12.9. The summed E-state index contributed by atoms with van der Waals surface area (Å²) in [5.74, 6) is 0.351. The number of rotatable bonds is 3. The highest BCUT2D eigenvalue weighted by Crippen LogP contribution is 2.34. The van der Waals surface area contributed by atoms with Crippen molar-refractivity contribution >= 4 is 28.6 Å². The number of anilines is 1. The molecule has 8 nitrogen and oxygen atoms in total. The molecule has 5 rings (SSSR count). The molecule has 1 aliphatic heterocycles. The Morgan fingerprint density at radius 1 is 0.933 bits per heavy atom. The first-order valence-corrected chi connectivity index (χ1v) is 10.1. The van der Waals surface area contributed by atoms with Gasteiger partial charge in [-0.05, 0) is 48.2 Å². The van der Waals surface area contributed by atoms with Crippen molar-refractivity contribution in [3.8, 4) is 11.1 Å². The number of hydrogen-bond donors (Lipinski definition) is 2. The second-order valence-electron chi connectivity index (χ2n) is 8.10. The van der Waals surface area contributed by atoms with Gasteiger partial charge >= 0.3 is 0 Å². The maximum Gasteiger partial charge on any atom is 0.253 e. The van der Waals surface area contributed by atoms with Crippen LogP contribution in [0.5, 0.6) is 0 Å². The third-order valence-electron chi connectivity index (χ3n) is 6.03. The number of fused-ring (bicyclic) bond motifs is 1. The fourth-order valence-electron chi connectivity index (χ4n) is 3.90. The van der Waals surface area contributed by atoms with Crippen LogP contribution in [-0.4, -0.2) is 58.5 Å². The van der Waals surface area contributed by atoms with Gasteiger partial charge in [0.2, 0.25) is 5.91 Å². The standard InChI is InChI=1S/C22H23N5O3/c23-19-17-13-16(5-6-18(17)30-25-19)14-1-3-15(4-2-14)20(28)26-9-11-27(12-10-26)21(29)22(24)7-8-22/h1-6,13H,7-12,24H2,(H2,23,25). The SMILES string of the molecule is Nc1noc2ccc(-c3ccc(C(=O)N4CCN(C(=O)C5(N)CC5)CC4)cc3)cc12. The summed E-state index contributed by atoms with van der Waals surface area (Å²) in [6.07, 6.45) is 1.52. The number of piperazine rings is 1. The molecule has 2 aromatic carbocycles. The van der Waals surface area contributed by atoms with Crippen LogP contribution >= 0.6 is 0 Å². The summed E-state index contributed by atoms with van der Waals surface area (Å²) in [6.45, 7) is 2.10. The summed E-state index contributed by atoms with van der Waals surface area (Å²) in [6, 6.07) is 13.2. The topological polar surface area (TPSA) is 119 Å². The molecule has 0 spiro atoms. The largest absolute Gasteiger partial charge is 0.380 e. The van der Waals surface area contributed by atoms with E-state index in [1.807, 2.05) is 42.5 Å². The molecule has 0 unspecified atom stereocenters. The number of hydrogen-bond acceptors (Lipinski definition) is 6. The van der Waals surface area contributed by atoms with Crippen LogP contribution in [0.2, 0.25) is 0 Å². The number of carbonyl (C=O) groups is 2.